The monoisotopic (exact) mass is 289 g/mol. The lowest BCUT2D eigenvalue weighted by atomic mass is 10.2. The topological polar surface area (TPSA) is 51.0 Å². The van der Waals surface area contributed by atoms with E-state index in [1.165, 1.54) is 11.8 Å². The van der Waals surface area contributed by atoms with Crippen molar-refractivity contribution >= 4 is 28.7 Å². The van der Waals surface area contributed by atoms with E-state index in [2.05, 4.69) is 15.5 Å². The molecule has 102 valence electrons. The zero-order chi connectivity index (χ0) is 13.8. The summed E-state index contributed by atoms with van der Waals surface area (Å²) in [6, 6.07) is 10.9. The molecule has 0 atom stereocenters. The van der Waals surface area contributed by atoms with Gasteiger partial charge in [-0.1, -0.05) is 29.1 Å². The number of hydrogen-bond donors (Lipinski definition) is 1. The van der Waals surface area contributed by atoms with Crippen LogP contribution in [0.2, 0.25) is 0 Å². The van der Waals surface area contributed by atoms with Crippen LogP contribution in [0, 0.1) is 0 Å². The molecule has 0 saturated heterocycles. The van der Waals surface area contributed by atoms with Crippen molar-refractivity contribution in [2.24, 2.45) is 0 Å². The lowest BCUT2D eigenvalue weighted by molar-refractivity contribution is 0.459. The first kappa shape index (κ1) is 12.9. The molecule has 20 heavy (non-hydrogen) atoms. The molecule has 0 fully saturated rings. The van der Waals surface area contributed by atoms with E-state index in [4.69, 9.17) is 4.52 Å². The highest BCUT2D eigenvalue weighted by Gasteiger charge is 2.07. The van der Waals surface area contributed by atoms with E-state index in [-0.39, 0.29) is 0 Å². The van der Waals surface area contributed by atoms with Crippen LogP contribution in [-0.4, -0.2) is 16.1 Å². The van der Waals surface area contributed by atoms with Gasteiger partial charge in [0.1, 0.15) is 6.01 Å². The Labute approximate surface area is 119 Å². The van der Waals surface area contributed by atoms with Gasteiger partial charge in [0.2, 0.25) is 0 Å². The standard InChI is InChI=1S/C14H12FN3OS/c15-9-20-11-5-3-10(4-6-11)8-17-14-13-12(19-18-14)2-1-7-16-13/h1-7H,8-9H2,(H,17,18). The number of halogens is 1. The predicted octanol–water partition coefficient (Wildman–Crippen LogP) is 3.85. The first-order valence-corrected chi connectivity index (χ1v) is 7.07. The highest BCUT2D eigenvalue weighted by atomic mass is 32.2. The van der Waals surface area contributed by atoms with Gasteiger partial charge in [-0.15, -0.1) is 0 Å². The van der Waals surface area contributed by atoms with Crippen LogP contribution < -0.4 is 5.32 Å². The molecule has 0 saturated carbocycles. The van der Waals surface area contributed by atoms with Gasteiger partial charge in [-0.25, -0.2) is 9.37 Å². The Morgan fingerprint density at radius 2 is 2.05 bits per heavy atom. The van der Waals surface area contributed by atoms with E-state index in [0.717, 1.165) is 16.0 Å². The van der Waals surface area contributed by atoms with Gasteiger partial charge in [-0.2, -0.15) is 0 Å². The average Bonchev–Trinajstić information content (AvgIpc) is 2.90. The predicted molar refractivity (Wildman–Crippen MR) is 77.4 cm³/mol. The number of pyridine rings is 1. The summed E-state index contributed by atoms with van der Waals surface area (Å²) in [7, 11) is 0. The number of benzene rings is 1. The first-order chi connectivity index (χ1) is 9.86. The molecule has 0 spiro atoms. The van der Waals surface area contributed by atoms with Crippen LogP contribution in [0.3, 0.4) is 0 Å². The average molecular weight is 289 g/mol. The van der Waals surface area contributed by atoms with Gasteiger partial charge in [-0.3, -0.25) is 0 Å². The lowest BCUT2D eigenvalue weighted by Crippen LogP contribution is -2.00. The number of anilines is 1. The molecule has 2 aromatic heterocycles. The summed E-state index contributed by atoms with van der Waals surface area (Å²) < 4.78 is 17.4. The van der Waals surface area contributed by atoms with Crippen LogP contribution in [0.15, 0.2) is 52.0 Å². The Morgan fingerprint density at radius 3 is 2.85 bits per heavy atom. The van der Waals surface area contributed by atoms with Crippen LogP contribution >= 0.6 is 11.8 Å². The fraction of sp³-hybridized carbons (Fsp3) is 0.143. The Morgan fingerprint density at radius 1 is 1.20 bits per heavy atom. The molecule has 6 heteroatoms. The summed E-state index contributed by atoms with van der Waals surface area (Å²) >= 11 is 1.18. The van der Waals surface area contributed by atoms with Gasteiger partial charge in [0, 0.05) is 17.6 Å². The molecule has 1 N–H and O–H groups in total. The van der Waals surface area contributed by atoms with E-state index in [0.29, 0.717) is 17.9 Å². The SMILES string of the molecule is FCSc1ccc(CNc2noc3cccnc23)cc1. The maximum absolute atomic E-state index is 12.2. The second-order valence-electron chi connectivity index (χ2n) is 4.13. The van der Waals surface area contributed by atoms with Crippen LogP contribution in [0.1, 0.15) is 5.56 Å². The second kappa shape index (κ2) is 5.92. The summed E-state index contributed by atoms with van der Waals surface area (Å²) in [4.78, 5) is 5.15. The molecule has 0 radical (unpaired) electrons. The van der Waals surface area contributed by atoms with Crippen LogP contribution in [0.4, 0.5) is 10.2 Å². The molecule has 0 aliphatic heterocycles. The number of hydrogen-bond acceptors (Lipinski definition) is 5. The number of alkyl halides is 1. The number of nitrogens with zero attached hydrogens (tertiary/aromatic N) is 2. The first-order valence-electron chi connectivity index (χ1n) is 6.09. The largest absolute Gasteiger partial charge is 0.361 e. The third-order valence-electron chi connectivity index (χ3n) is 2.83. The van der Waals surface area contributed by atoms with Crippen molar-refractivity contribution in [2.75, 3.05) is 11.3 Å². The zero-order valence-electron chi connectivity index (χ0n) is 10.5. The molecule has 0 bridgehead atoms. The molecule has 0 aliphatic rings. The van der Waals surface area contributed by atoms with Crippen molar-refractivity contribution in [3.63, 3.8) is 0 Å². The van der Waals surface area contributed by atoms with E-state index in [1.807, 2.05) is 30.3 Å². The van der Waals surface area contributed by atoms with Crippen LogP contribution in [0.25, 0.3) is 11.1 Å². The molecule has 3 aromatic rings. The highest BCUT2D eigenvalue weighted by Crippen LogP contribution is 2.21. The van der Waals surface area contributed by atoms with Gasteiger partial charge >= 0.3 is 0 Å². The van der Waals surface area contributed by atoms with Crippen molar-refractivity contribution in [1.82, 2.24) is 10.1 Å². The van der Waals surface area contributed by atoms with Gasteiger partial charge in [-0.05, 0) is 29.8 Å². The quantitative estimate of drug-likeness (QED) is 0.723. The number of fused-ring (bicyclic) bond motifs is 1. The van der Waals surface area contributed by atoms with Gasteiger partial charge < -0.3 is 9.84 Å². The zero-order valence-corrected chi connectivity index (χ0v) is 11.4. The maximum Gasteiger partial charge on any atom is 0.196 e. The molecule has 0 unspecified atom stereocenters. The normalized spacial score (nSPS) is 10.8. The molecule has 0 aliphatic carbocycles. The van der Waals surface area contributed by atoms with E-state index >= 15 is 0 Å². The van der Waals surface area contributed by atoms with Crippen molar-refractivity contribution in [3.8, 4) is 0 Å². The number of thioether (sulfide) groups is 1. The van der Waals surface area contributed by atoms with Gasteiger partial charge in [0.25, 0.3) is 0 Å². The number of nitrogens with one attached hydrogen (secondary N) is 1. The molecular formula is C14H12FN3OS. The van der Waals surface area contributed by atoms with Crippen molar-refractivity contribution in [1.29, 1.82) is 0 Å². The van der Waals surface area contributed by atoms with E-state index in [1.54, 1.807) is 12.3 Å². The molecule has 2 heterocycles. The fourth-order valence-corrected chi connectivity index (χ4v) is 2.30. The van der Waals surface area contributed by atoms with Gasteiger partial charge in [0.15, 0.2) is 16.9 Å². The Hall–Kier alpha value is -2.08. The summed E-state index contributed by atoms with van der Waals surface area (Å²) in [6.45, 7) is 0.610. The van der Waals surface area contributed by atoms with Gasteiger partial charge in [0.05, 0.1) is 0 Å². The molecule has 3 rings (SSSR count). The fourth-order valence-electron chi connectivity index (χ4n) is 1.85. The maximum atomic E-state index is 12.2. The third-order valence-corrected chi connectivity index (χ3v) is 3.55. The minimum absolute atomic E-state index is 0.409. The lowest BCUT2D eigenvalue weighted by Gasteiger charge is -2.04. The van der Waals surface area contributed by atoms with E-state index in [9.17, 15) is 4.39 Å². The summed E-state index contributed by atoms with van der Waals surface area (Å²) in [5, 5.41) is 7.14. The molecule has 1 aromatic carbocycles. The Kier molecular flexibility index (Phi) is 3.83. The molecular weight excluding hydrogens is 277 g/mol. The Balaban J connectivity index is 1.69. The Bertz CT molecular complexity index is 699. The summed E-state index contributed by atoms with van der Waals surface area (Å²) in [6.07, 6.45) is 1.70. The molecule has 4 nitrogen and oxygen atoms in total. The van der Waals surface area contributed by atoms with E-state index < -0.39 is 6.01 Å². The molecule has 0 amide bonds. The number of rotatable bonds is 5. The minimum Gasteiger partial charge on any atom is -0.361 e. The smallest absolute Gasteiger partial charge is 0.196 e. The summed E-state index contributed by atoms with van der Waals surface area (Å²) in [5.41, 5.74) is 2.46. The second-order valence-corrected chi connectivity index (χ2v) is 5.11. The van der Waals surface area contributed by atoms with Crippen LogP contribution in [-0.2, 0) is 6.54 Å². The minimum atomic E-state index is -0.409. The number of aromatic nitrogens is 2. The highest BCUT2D eigenvalue weighted by molar-refractivity contribution is 7.99. The summed E-state index contributed by atoms with van der Waals surface area (Å²) in [5.74, 6) is 0.628. The van der Waals surface area contributed by atoms with Crippen LogP contribution in [0.5, 0.6) is 0 Å². The van der Waals surface area contributed by atoms with Crippen molar-refractivity contribution < 1.29 is 8.91 Å². The van der Waals surface area contributed by atoms with Crippen molar-refractivity contribution in [3.05, 3.63) is 48.2 Å². The van der Waals surface area contributed by atoms with Crippen molar-refractivity contribution in [2.45, 2.75) is 11.4 Å². The third kappa shape index (κ3) is 2.75.